The van der Waals surface area contributed by atoms with Crippen LogP contribution in [0.4, 0.5) is 18.9 Å². The Balaban J connectivity index is 1.67. The van der Waals surface area contributed by atoms with Gasteiger partial charge in [0.1, 0.15) is 5.75 Å². The molecular weight excluding hydrogens is 492 g/mol. The van der Waals surface area contributed by atoms with Crippen LogP contribution in [0.2, 0.25) is 10.0 Å². The molecule has 1 heterocycles. The minimum atomic E-state index is -4.58. The Labute approximate surface area is 193 Å². The molecule has 0 bridgehead atoms. The van der Waals surface area contributed by atoms with Crippen LogP contribution in [0.3, 0.4) is 0 Å². The molecule has 1 amide bonds. The lowest BCUT2D eigenvalue weighted by atomic mass is 9.97. The molecule has 0 saturated carbocycles. The molecular formula is C20H19Cl2F3N2O4S. The number of sulfonamides is 1. The van der Waals surface area contributed by atoms with E-state index in [1.165, 1.54) is 29.6 Å². The first kappa shape index (κ1) is 24.6. The van der Waals surface area contributed by atoms with Crippen LogP contribution in [0.1, 0.15) is 18.4 Å². The van der Waals surface area contributed by atoms with Crippen molar-refractivity contribution in [3.63, 3.8) is 0 Å². The molecule has 6 nitrogen and oxygen atoms in total. The summed E-state index contributed by atoms with van der Waals surface area (Å²) in [5.41, 5.74) is -1.08. The van der Waals surface area contributed by atoms with Crippen molar-refractivity contribution in [2.75, 3.05) is 25.5 Å². The van der Waals surface area contributed by atoms with Crippen molar-refractivity contribution < 1.29 is 31.1 Å². The molecule has 0 aromatic heterocycles. The number of carbonyl (C=O) groups is 1. The maximum Gasteiger partial charge on any atom is 0.416 e. The fourth-order valence-corrected chi connectivity index (χ4v) is 5.33. The molecule has 0 atom stereocenters. The topological polar surface area (TPSA) is 75.7 Å². The highest BCUT2D eigenvalue weighted by molar-refractivity contribution is 7.89. The average molecular weight is 511 g/mol. The number of amides is 1. The van der Waals surface area contributed by atoms with Crippen LogP contribution in [0.5, 0.6) is 5.75 Å². The number of rotatable bonds is 5. The van der Waals surface area contributed by atoms with Crippen LogP contribution in [0, 0.1) is 5.92 Å². The number of halogens is 5. The Kier molecular flexibility index (Phi) is 7.28. The second kappa shape index (κ2) is 9.46. The second-order valence-electron chi connectivity index (χ2n) is 7.16. The molecule has 3 rings (SSSR count). The summed E-state index contributed by atoms with van der Waals surface area (Å²) in [4.78, 5) is 12.6. The molecule has 0 spiro atoms. The van der Waals surface area contributed by atoms with Gasteiger partial charge in [-0.2, -0.15) is 17.5 Å². The summed E-state index contributed by atoms with van der Waals surface area (Å²) in [6, 6.07) is 6.79. The van der Waals surface area contributed by atoms with Crippen molar-refractivity contribution in [1.29, 1.82) is 0 Å². The van der Waals surface area contributed by atoms with Crippen molar-refractivity contribution in [1.82, 2.24) is 4.31 Å². The first-order valence-electron chi connectivity index (χ1n) is 9.45. The Morgan fingerprint density at radius 2 is 1.75 bits per heavy atom. The Morgan fingerprint density at radius 3 is 2.31 bits per heavy atom. The van der Waals surface area contributed by atoms with Gasteiger partial charge in [-0.05, 0) is 49.2 Å². The zero-order valence-electron chi connectivity index (χ0n) is 16.7. The molecule has 2 aromatic carbocycles. The van der Waals surface area contributed by atoms with Crippen molar-refractivity contribution >= 4 is 44.8 Å². The number of nitrogens with zero attached hydrogens (tertiary/aromatic N) is 1. The summed E-state index contributed by atoms with van der Waals surface area (Å²) in [5.74, 6) is -0.753. The molecule has 1 fully saturated rings. The Bertz CT molecular complexity index is 1120. The third kappa shape index (κ3) is 5.31. The fraction of sp³-hybridized carbons (Fsp3) is 0.350. The summed E-state index contributed by atoms with van der Waals surface area (Å²) in [6.07, 6.45) is -4.18. The Morgan fingerprint density at radius 1 is 1.09 bits per heavy atom. The van der Waals surface area contributed by atoms with Crippen LogP contribution in [0.15, 0.2) is 41.3 Å². The highest BCUT2D eigenvalue weighted by atomic mass is 35.5. The first-order chi connectivity index (χ1) is 14.9. The second-order valence-corrected chi connectivity index (χ2v) is 9.91. The van der Waals surface area contributed by atoms with E-state index >= 15 is 0 Å². The van der Waals surface area contributed by atoms with Crippen LogP contribution in [-0.4, -0.2) is 38.8 Å². The normalized spacial score (nSPS) is 16.1. The van der Waals surface area contributed by atoms with Gasteiger partial charge in [0, 0.05) is 19.0 Å². The predicted molar refractivity (Wildman–Crippen MR) is 115 cm³/mol. The van der Waals surface area contributed by atoms with Crippen LogP contribution >= 0.6 is 23.2 Å². The van der Waals surface area contributed by atoms with Gasteiger partial charge in [-0.1, -0.05) is 23.2 Å². The number of piperidine rings is 1. The molecule has 1 N–H and O–H groups in total. The SMILES string of the molecule is COc1ccc(S(=O)(=O)N2CCC(C(=O)Nc3cc(C(F)(F)F)ccc3Cl)CC2)cc1Cl. The smallest absolute Gasteiger partial charge is 0.416 e. The van der Waals surface area contributed by atoms with Crippen LogP contribution in [0.25, 0.3) is 0 Å². The van der Waals surface area contributed by atoms with Crippen molar-refractivity contribution in [3.8, 4) is 5.75 Å². The largest absolute Gasteiger partial charge is 0.495 e. The third-order valence-corrected chi connectivity index (χ3v) is 7.66. The molecule has 0 aliphatic carbocycles. The van der Waals surface area contributed by atoms with E-state index < -0.39 is 33.6 Å². The highest BCUT2D eigenvalue weighted by Gasteiger charge is 2.34. The minimum absolute atomic E-state index is 0.00180. The van der Waals surface area contributed by atoms with E-state index in [-0.39, 0.29) is 46.6 Å². The molecule has 0 radical (unpaired) electrons. The number of methoxy groups -OCH3 is 1. The van der Waals surface area contributed by atoms with E-state index in [1.54, 1.807) is 0 Å². The molecule has 1 aliphatic heterocycles. The van der Waals surface area contributed by atoms with Gasteiger partial charge in [-0.3, -0.25) is 4.79 Å². The van der Waals surface area contributed by atoms with Gasteiger partial charge in [-0.15, -0.1) is 0 Å². The van der Waals surface area contributed by atoms with Crippen LogP contribution < -0.4 is 10.1 Å². The molecule has 32 heavy (non-hydrogen) atoms. The average Bonchev–Trinajstić information content (AvgIpc) is 2.74. The number of benzene rings is 2. The molecule has 2 aromatic rings. The Hall–Kier alpha value is -2.01. The van der Waals surface area contributed by atoms with E-state index in [9.17, 15) is 26.4 Å². The summed E-state index contributed by atoms with van der Waals surface area (Å²) >= 11 is 12.0. The maximum atomic E-state index is 12.9. The lowest BCUT2D eigenvalue weighted by molar-refractivity contribution is -0.137. The number of ether oxygens (including phenoxy) is 1. The third-order valence-electron chi connectivity index (χ3n) is 5.14. The van der Waals surface area contributed by atoms with E-state index in [0.717, 1.165) is 18.2 Å². The standard InChI is InChI=1S/C20H19Cl2F3N2O4S/c1-31-18-5-3-14(11-16(18)22)32(29,30)27-8-6-12(7-9-27)19(28)26-17-10-13(20(23,24)25)2-4-15(17)21/h2-5,10-12H,6-9H2,1H3,(H,26,28). The first-order valence-corrected chi connectivity index (χ1v) is 11.6. The van der Waals surface area contributed by atoms with Gasteiger partial charge in [0.05, 0.1) is 33.3 Å². The number of anilines is 1. The predicted octanol–water partition coefficient (Wildman–Crippen LogP) is 5.06. The van der Waals surface area contributed by atoms with E-state index in [0.29, 0.717) is 5.75 Å². The molecule has 1 saturated heterocycles. The molecule has 174 valence electrons. The number of nitrogens with one attached hydrogen (secondary N) is 1. The zero-order chi connectivity index (χ0) is 23.7. The maximum absolute atomic E-state index is 12.9. The van der Waals surface area contributed by atoms with Crippen LogP contribution in [-0.2, 0) is 21.0 Å². The van der Waals surface area contributed by atoms with E-state index in [4.69, 9.17) is 27.9 Å². The van der Waals surface area contributed by atoms with Gasteiger partial charge in [0.25, 0.3) is 0 Å². The number of hydrogen-bond acceptors (Lipinski definition) is 4. The number of carbonyl (C=O) groups excluding carboxylic acids is 1. The summed E-state index contributed by atoms with van der Waals surface area (Å²) in [7, 11) is -2.42. The fourth-order valence-electron chi connectivity index (χ4n) is 3.35. The molecule has 1 aliphatic rings. The number of alkyl halides is 3. The minimum Gasteiger partial charge on any atom is -0.495 e. The van der Waals surface area contributed by atoms with Gasteiger partial charge in [0.2, 0.25) is 15.9 Å². The monoisotopic (exact) mass is 510 g/mol. The van der Waals surface area contributed by atoms with Crippen molar-refractivity contribution in [3.05, 3.63) is 52.0 Å². The lowest BCUT2D eigenvalue weighted by Gasteiger charge is -2.30. The van der Waals surface area contributed by atoms with Gasteiger partial charge < -0.3 is 10.1 Å². The molecule has 12 heteroatoms. The van der Waals surface area contributed by atoms with E-state index in [1.807, 2.05) is 0 Å². The van der Waals surface area contributed by atoms with E-state index in [2.05, 4.69) is 5.32 Å². The number of hydrogen-bond donors (Lipinski definition) is 1. The molecule has 0 unspecified atom stereocenters. The van der Waals surface area contributed by atoms with Gasteiger partial charge in [0.15, 0.2) is 0 Å². The zero-order valence-corrected chi connectivity index (χ0v) is 19.1. The quantitative estimate of drug-likeness (QED) is 0.609. The van der Waals surface area contributed by atoms with Gasteiger partial charge >= 0.3 is 6.18 Å². The lowest BCUT2D eigenvalue weighted by Crippen LogP contribution is -2.41. The summed E-state index contributed by atoms with van der Waals surface area (Å²) < 4.78 is 70.8. The van der Waals surface area contributed by atoms with Crippen molar-refractivity contribution in [2.24, 2.45) is 5.92 Å². The summed E-state index contributed by atoms with van der Waals surface area (Å²) in [6.45, 7) is 0.140. The summed E-state index contributed by atoms with van der Waals surface area (Å²) in [5, 5.41) is 2.56. The highest BCUT2D eigenvalue weighted by Crippen LogP contribution is 2.35. The van der Waals surface area contributed by atoms with Gasteiger partial charge in [-0.25, -0.2) is 8.42 Å². The van der Waals surface area contributed by atoms with Crippen molar-refractivity contribution in [2.45, 2.75) is 23.9 Å².